The van der Waals surface area contributed by atoms with Gasteiger partial charge in [-0.15, -0.1) is 0 Å². The summed E-state index contributed by atoms with van der Waals surface area (Å²) in [4.78, 5) is 2.25. The van der Waals surface area contributed by atoms with E-state index >= 15 is 0 Å². The van der Waals surface area contributed by atoms with Crippen molar-refractivity contribution in [2.24, 2.45) is 0 Å². The zero-order valence-electron chi connectivity index (χ0n) is 25.4. The standard InChI is InChI=1S/C40H30BNO3/c1-40(2,3)25-17-21-31-36(23-25)43-33-15-10-16-34-37(33)41(31)32-22-20-30-29-19-18-28(24-35(29)45-38(30)39(32)44-34)42(26-11-6-4-7-12-26)27-13-8-5-9-14-27/h4-24H,1-3H3. The quantitative estimate of drug-likeness (QED) is 0.194. The van der Waals surface area contributed by atoms with Gasteiger partial charge in [0.1, 0.15) is 22.8 Å². The summed E-state index contributed by atoms with van der Waals surface area (Å²) in [6.07, 6.45) is 0. The van der Waals surface area contributed by atoms with Crippen LogP contribution in [0.5, 0.6) is 23.0 Å². The molecule has 0 N–H and O–H groups in total. The van der Waals surface area contributed by atoms with E-state index in [1.165, 1.54) is 5.56 Å². The summed E-state index contributed by atoms with van der Waals surface area (Å²) in [6.45, 7) is 6.68. The minimum Gasteiger partial charge on any atom is -0.458 e. The molecule has 0 aliphatic carbocycles. The van der Waals surface area contributed by atoms with E-state index in [1.807, 2.05) is 30.3 Å². The second-order valence-corrected chi connectivity index (χ2v) is 13.0. The molecule has 2 aliphatic rings. The van der Waals surface area contributed by atoms with Crippen molar-refractivity contribution < 1.29 is 13.9 Å². The zero-order chi connectivity index (χ0) is 30.3. The lowest BCUT2D eigenvalue weighted by molar-refractivity contribution is 0.460. The van der Waals surface area contributed by atoms with Crippen LogP contribution in [0.15, 0.2) is 132 Å². The predicted octanol–water partition coefficient (Wildman–Crippen LogP) is 9.08. The van der Waals surface area contributed by atoms with Gasteiger partial charge >= 0.3 is 0 Å². The van der Waals surface area contributed by atoms with Crippen molar-refractivity contribution in [2.75, 3.05) is 4.90 Å². The molecule has 0 amide bonds. The average molecular weight is 583 g/mol. The lowest BCUT2D eigenvalue weighted by atomic mass is 9.34. The molecule has 9 rings (SSSR count). The molecule has 3 heterocycles. The Labute approximate surface area is 262 Å². The fourth-order valence-electron chi connectivity index (χ4n) is 6.91. The lowest BCUT2D eigenvalue weighted by Crippen LogP contribution is -2.57. The van der Waals surface area contributed by atoms with Gasteiger partial charge in [0, 0.05) is 39.4 Å². The van der Waals surface area contributed by atoms with Crippen molar-refractivity contribution in [1.82, 2.24) is 0 Å². The summed E-state index contributed by atoms with van der Waals surface area (Å²) >= 11 is 0. The fraction of sp³-hybridized carbons (Fsp3) is 0.100. The number of rotatable bonds is 3. The molecule has 0 saturated carbocycles. The Kier molecular flexibility index (Phi) is 5.52. The molecule has 45 heavy (non-hydrogen) atoms. The summed E-state index contributed by atoms with van der Waals surface area (Å²) in [6, 6.07) is 44.4. The number of ether oxygens (including phenoxy) is 2. The molecular formula is C40H30BNO3. The topological polar surface area (TPSA) is 34.8 Å². The maximum atomic E-state index is 6.74. The normalized spacial score (nSPS) is 13.1. The monoisotopic (exact) mass is 583 g/mol. The van der Waals surface area contributed by atoms with E-state index in [-0.39, 0.29) is 12.1 Å². The van der Waals surface area contributed by atoms with Gasteiger partial charge in [-0.3, -0.25) is 0 Å². The maximum absolute atomic E-state index is 6.74. The molecule has 0 fully saturated rings. The molecule has 0 bridgehead atoms. The molecule has 216 valence electrons. The molecule has 4 nitrogen and oxygen atoms in total. The van der Waals surface area contributed by atoms with Crippen molar-refractivity contribution >= 4 is 62.1 Å². The molecule has 5 heteroatoms. The molecule has 0 unspecified atom stereocenters. The van der Waals surface area contributed by atoms with Crippen LogP contribution in [0.3, 0.4) is 0 Å². The van der Waals surface area contributed by atoms with Gasteiger partial charge in [-0.05, 0) is 76.5 Å². The van der Waals surface area contributed by atoms with E-state index in [4.69, 9.17) is 13.9 Å². The minimum atomic E-state index is -0.0162. The number of nitrogens with zero attached hydrogens (tertiary/aromatic N) is 1. The van der Waals surface area contributed by atoms with Crippen LogP contribution in [-0.2, 0) is 5.41 Å². The largest absolute Gasteiger partial charge is 0.458 e. The van der Waals surface area contributed by atoms with Gasteiger partial charge in [0.05, 0.1) is 0 Å². The second kappa shape index (κ2) is 9.54. The summed E-state index contributed by atoms with van der Waals surface area (Å²) in [5, 5.41) is 2.10. The number of fused-ring (bicyclic) bond motifs is 8. The number of furan rings is 1. The SMILES string of the molecule is CC(C)(C)c1ccc2c(c1)Oc1cccc3c1B2c1ccc2c(oc4cc(N(c5ccccc5)c5ccccc5)ccc42)c1O3. The van der Waals surface area contributed by atoms with Crippen LogP contribution in [-0.4, -0.2) is 6.71 Å². The Balaban J connectivity index is 1.22. The van der Waals surface area contributed by atoms with Gasteiger partial charge in [-0.25, -0.2) is 0 Å². The third-order valence-corrected chi connectivity index (χ3v) is 9.15. The van der Waals surface area contributed by atoms with E-state index in [0.29, 0.717) is 0 Å². The van der Waals surface area contributed by atoms with Crippen LogP contribution >= 0.6 is 0 Å². The molecule has 0 spiro atoms. The predicted molar refractivity (Wildman–Crippen MR) is 185 cm³/mol. The van der Waals surface area contributed by atoms with Gasteiger partial charge in [0.25, 0.3) is 6.71 Å². The highest BCUT2D eigenvalue weighted by Gasteiger charge is 2.41. The molecule has 2 aliphatic heterocycles. The Bertz CT molecular complexity index is 2230. The molecule has 7 aromatic rings. The zero-order valence-corrected chi connectivity index (χ0v) is 25.4. The Morgan fingerprint density at radius 3 is 1.93 bits per heavy atom. The van der Waals surface area contributed by atoms with Crippen molar-refractivity contribution in [3.05, 3.63) is 133 Å². The first-order valence-corrected chi connectivity index (χ1v) is 15.5. The molecular weight excluding hydrogens is 553 g/mol. The summed E-state index contributed by atoms with van der Waals surface area (Å²) in [5.74, 6) is 3.33. The minimum absolute atomic E-state index is 0.0162. The number of hydrogen-bond donors (Lipinski definition) is 0. The van der Waals surface area contributed by atoms with Crippen LogP contribution in [0.2, 0.25) is 0 Å². The Hall–Kier alpha value is -5.42. The molecule has 6 aromatic carbocycles. The van der Waals surface area contributed by atoms with Gasteiger partial charge in [0.15, 0.2) is 11.3 Å². The van der Waals surface area contributed by atoms with E-state index < -0.39 is 0 Å². The second-order valence-electron chi connectivity index (χ2n) is 13.0. The van der Waals surface area contributed by atoms with E-state index in [0.717, 1.165) is 78.4 Å². The first-order chi connectivity index (χ1) is 21.9. The van der Waals surface area contributed by atoms with E-state index in [2.05, 4.69) is 123 Å². The summed E-state index contributed by atoms with van der Waals surface area (Å²) < 4.78 is 19.9. The Morgan fingerprint density at radius 2 is 1.22 bits per heavy atom. The van der Waals surface area contributed by atoms with Crippen LogP contribution in [0.1, 0.15) is 26.3 Å². The van der Waals surface area contributed by atoms with Crippen LogP contribution in [0, 0.1) is 0 Å². The number of para-hydroxylation sites is 2. The van der Waals surface area contributed by atoms with Crippen molar-refractivity contribution in [2.45, 2.75) is 26.2 Å². The summed E-state index contributed by atoms with van der Waals surface area (Å²) in [7, 11) is 0. The van der Waals surface area contributed by atoms with Crippen molar-refractivity contribution in [1.29, 1.82) is 0 Å². The van der Waals surface area contributed by atoms with E-state index in [9.17, 15) is 0 Å². The third kappa shape index (κ3) is 4.00. The van der Waals surface area contributed by atoms with Gasteiger partial charge < -0.3 is 18.8 Å². The third-order valence-electron chi connectivity index (χ3n) is 9.15. The van der Waals surface area contributed by atoms with Gasteiger partial charge in [-0.2, -0.15) is 0 Å². The highest BCUT2D eigenvalue weighted by Crippen LogP contribution is 2.43. The van der Waals surface area contributed by atoms with Crippen molar-refractivity contribution in [3.63, 3.8) is 0 Å². The first kappa shape index (κ1) is 26.0. The van der Waals surface area contributed by atoms with Crippen LogP contribution in [0.4, 0.5) is 17.1 Å². The first-order valence-electron chi connectivity index (χ1n) is 15.5. The Morgan fingerprint density at radius 1 is 0.556 bits per heavy atom. The highest BCUT2D eigenvalue weighted by molar-refractivity contribution is 6.98. The van der Waals surface area contributed by atoms with E-state index in [1.54, 1.807) is 0 Å². The number of benzene rings is 6. The molecule has 0 saturated heterocycles. The van der Waals surface area contributed by atoms with Gasteiger partial charge in [-0.1, -0.05) is 87.5 Å². The highest BCUT2D eigenvalue weighted by atomic mass is 16.5. The number of anilines is 3. The number of hydrogen-bond acceptors (Lipinski definition) is 4. The van der Waals surface area contributed by atoms with Crippen LogP contribution < -0.4 is 30.8 Å². The molecule has 0 atom stereocenters. The maximum Gasteiger partial charge on any atom is 0.260 e. The van der Waals surface area contributed by atoms with Crippen molar-refractivity contribution in [3.8, 4) is 23.0 Å². The molecule has 0 radical (unpaired) electrons. The van der Waals surface area contributed by atoms with Crippen LogP contribution in [0.25, 0.3) is 21.9 Å². The average Bonchev–Trinajstić information content (AvgIpc) is 3.44. The lowest BCUT2D eigenvalue weighted by Gasteiger charge is -2.33. The smallest absolute Gasteiger partial charge is 0.260 e. The fourth-order valence-corrected chi connectivity index (χ4v) is 6.91. The van der Waals surface area contributed by atoms with Gasteiger partial charge in [0.2, 0.25) is 0 Å². The summed E-state index contributed by atoms with van der Waals surface area (Å²) in [5.41, 5.74) is 9.34. The molecule has 1 aromatic heterocycles.